The van der Waals surface area contributed by atoms with Gasteiger partial charge >= 0.3 is 0 Å². The second-order valence-corrected chi connectivity index (χ2v) is 6.20. The molecular formula is C20H23ClN2O2. The first-order valence-corrected chi connectivity index (χ1v) is 8.34. The Hall–Kier alpha value is -2.17. The van der Waals surface area contributed by atoms with Gasteiger partial charge in [0.25, 0.3) is 0 Å². The summed E-state index contributed by atoms with van der Waals surface area (Å²) < 4.78 is 10.9. The van der Waals surface area contributed by atoms with Crippen molar-refractivity contribution >= 4 is 23.3 Å². The Morgan fingerprint density at radius 2 is 1.92 bits per heavy atom. The van der Waals surface area contributed by atoms with Crippen LogP contribution in [-0.4, -0.2) is 25.7 Å². The van der Waals surface area contributed by atoms with E-state index < -0.39 is 0 Å². The molecule has 4 rings (SSSR count). The van der Waals surface area contributed by atoms with E-state index in [1.165, 1.54) is 27.7 Å². The van der Waals surface area contributed by atoms with Gasteiger partial charge in [-0.05, 0) is 42.6 Å². The van der Waals surface area contributed by atoms with Gasteiger partial charge in [-0.15, -0.1) is 12.4 Å². The highest BCUT2D eigenvalue weighted by atomic mass is 35.5. The zero-order valence-corrected chi connectivity index (χ0v) is 15.3. The zero-order valence-electron chi connectivity index (χ0n) is 14.5. The fourth-order valence-corrected chi connectivity index (χ4v) is 3.68. The van der Waals surface area contributed by atoms with E-state index in [-0.39, 0.29) is 18.4 Å². The van der Waals surface area contributed by atoms with Gasteiger partial charge < -0.3 is 19.8 Å². The highest BCUT2D eigenvalue weighted by Crippen LogP contribution is 2.34. The Balaban J connectivity index is 0.00000182. The normalized spacial score (nSPS) is 16.2. The van der Waals surface area contributed by atoms with Gasteiger partial charge in [-0.3, -0.25) is 0 Å². The first-order chi connectivity index (χ1) is 11.8. The molecule has 5 heteroatoms. The molecule has 1 atom stereocenters. The Bertz CT molecular complexity index is 875. The Kier molecular flexibility index (Phi) is 5.21. The Morgan fingerprint density at radius 3 is 2.72 bits per heavy atom. The number of ether oxygens (including phenoxy) is 2. The maximum atomic E-state index is 5.56. The summed E-state index contributed by atoms with van der Waals surface area (Å²) in [5.41, 5.74) is 5.15. The fourth-order valence-electron chi connectivity index (χ4n) is 3.68. The van der Waals surface area contributed by atoms with Crippen LogP contribution in [0.4, 0.5) is 0 Å². The van der Waals surface area contributed by atoms with E-state index in [1.54, 1.807) is 14.2 Å². The SMILES string of the molecule is COc1ccc(CC2NCCc3c2[nH]c2ccccc32)c(OC)c1.Cl. The molecule has 25 heavy (non-hydrogen) atoms. The standard InChI is InChI=1S/C20H22N2O2.ClH/c1-23-14-8-7-13(19(12-14)24-2)11-18-20-16(9-10-21-18)15-5-3-4-6-17(15)22-20;/h3-8,12,18,21-22H,9-11H2,1-2H3;1H. The number of fused-ring (bicyclic) bond motifs is 3. The van der Waals surface area contributed by atoms with Crippen molar-refractivity contribution in [1.82, 2.24) is 10.3 Å². The van der Waals surface area contributed by atoms with E-state index in [2.05, 4.69) is 40.6 Å². The lowest BCUT2D eigenvalue weighted by molar-refractivity contribution is 0.387. The molecule has 0 bridgehead atoms. The smallest absolute Gasteiger partial charge is 0.125 e. The van der Waals surface area contributed by atoms with E-state index in [0.29, 0.717) is 0 Å². The Morgan fingerprint density at radius 1 is 1.08 bits per heavy atom. The maximum absolute atomic E-state index is 5.56. The molecule has 4 nitrogen and oxygen atoms in total. The minimum Gasteiger partial charge on any atom is -0.497 e. The average molecular weight is 359 g/mol. The number of aromatic nitrogens is 1. The zero-order chi connectivity index (χ0) is 16.5. The second kappa shape index (κ2) is 7.38. The second-order valence-electron chi connectivity index (χ2n) is 6.20. The van der Waals surface area contributed by atoms with Crippen molar-refractivity contribution in [3.63, 3.8) is 0 Å². The topological polar surface area (TPSA) is 46.3 Å². The lowest BCUT2D eigenvalue weighted by Gasteiger charge is -2.25. The number of rotatable bonds is 4. The van der Waals surface area contributed by atoms with Crippen LogP contribution in [0.2, 0.25) is 0 Å². The van der Waals surface area contributed by atoms with E-state index in [4.69, 9.17) is 9.47 Å². The monoisotopic (exact) mass is 358 g/mol. The van der Waals surface area contributed by atoms with E-state index >= 15 is 0 Å². The van der Waals surface area contributed by atoms with Crippen molar-refractivity contribution in [2.24, 2.45) is 0 Å². The van der Waals surface area contributed by atoms with Crippen molar-refractivity contribution in [1.29, 1.82) is 0 Å². The molecule has 1 unspecified atom stereocenters. The molecule has 0 amide bonds. The van der Waals surface area contributed by atoms with Crippen LogP contribution in [0, 0.1) is 0 Å². The molecule has 1 aromatic heterocycles. The predicted octanol–water partition coefficient (Wildman–Crippen LogP) is 4.04. The summed E-state index contributed by atoms with van der Waals surface area (Å²) in [6.45, 7) is 0.998. The van der Waals surface area contributed by atoms with Crippen molar-refractivity contribution in [2.75, 3.05) is 20.8 Å². The summed E-state index contributed by atoms with van der Waals surface area (Å²) in [5.74, 6) is 1.69. The largest absolute Gasteiger partial charge is 0.497 e. The number of hydrogen-bond donors (Lipinski definition) is 2. The number of para-hydroxylation sites is 1. The predicted molar refractivity (Wildman–Crippen MR) is 103 cm³/mol. The quantitative estimate of drug-likeness (QED) is 0.740. The lowest BCUT2D eigenvalue weighted by atomic mass is 9.94. The van der Waals surface area contributed by atoms with Crippen LogP contribution in [-0.2, 0) is 12.8 Å². The number of halogens is 1. The molecule has 2 heterocycles. The van der Waals surface area contributed by atoms with Crippen LogP contribution in [0.25, 0.3) is 10.9 Å². The van der Waals surface area contributed by atoms with Crippen molar-refractivity contribution in [3.05, 3.63) is 59.3 Å². The number of aromatic amines is 1. The van der Waals surface area contributed by atoms with E-state index in [0.717, 1.165) is 30.9 Å². The molecular weight excluding hydrogens is 336 g/mol. The highest BCUT2D eigenvalue weighted by molar-refractivity contribution is 5.85. The van der Waals surface area contributed by atoms with Crippen LogP contribution in [0.1, 0.15) is 22.9 Å². The minimum atomic E-state index is 0. The average Bonchev–Trinajstić information content (AvgIpc) is 3.02. The van der Waals surface area contributed by atoms with Gasteiger partial charge in [0, 0.05) is 22.7 Å². The molecule has 0 spiro atoms. The van der Waals surface area contributed by atoms with Crippen LogP contribution < -0.4 is 14.8 Å². The molecule has 0 saturated carbocycles. The Labute approximate surface area is 153 Å². The van der Waals surface area contributed by atoms with Crippen molar-refractivity contribution < 1.29 is 9.47 Å². The molecule has 1 aliphatic rings. The van der Waals surface area contributed by atoms with Crippen LogP contribution >= 0.6 is 12.4 Å². The molecule has 132 valence electrons. The van der Waals surface area contributed by atoms with Gasteiger partial charge in [0.1, 0.15) is 11.5 Å². The van der Waals surface area contributed by atoms with Gasteiger partial charge in [0.15, 0.2) is 0 Å². The van der Waals surface area contributed by atoms with E-state index in [9.17, 15) is 0 Å². The van der Waals surface area contributed by atoms with Gasteiger partial charge in [-0.25, -0.2) is 0 Å². The number of methoxy groups -OCH3 is 2. The summed E-state index contributed by atoms with van der Waals surface area (Å²) in [6, 6.07) is 14.9. The van der Waals surface area contributed by atoms with Gasteiger partial charge in [0.2, 0.25) is 0 Å². The molecule has 3 aromatic rings. The number of nitrogens with one attached hydrogen (secondary N) is 2. The highest BCUT2D eigenvalue weighted by Gasteiger charge is 2.24. The van der Waals surface area contributed by atoms with Crippen molar-refractivity contribution in [3.8, 4) is 11.5 Å². The molecule has 0 aliphatic carbocycles. The molecule has 0 saturated heterocycles. The minimum absolute atomic E-state index is 0. The number of hydrogen-bond acceptors (Lipinski definition) is 3. The molecule has 1 aliphatic heterocycles. The molecule has 0 fully saturated rings. The van der Waals surface area contributed by atoms with Gasteiger partial charge in [-0.2, -0.15) is 0 Å². The van der Waals surface area contributed by atoms with Crippen LogP contribution in [0.15, 0.2) is 42.5 Å². The molecule has 2 N–H and O–H groups in total. The summed E-state index contributed by atoms with van der Waals surface area (Å²) in [6.07, 6.45) is 1.95. The summed E-state index contributed by atoms with van der Waals surface area (Å²) in [7, 11) is 3.38. The van der Waals surface area contributed by atoms with Crippen LogP contribution in [0.5, 0.6) is 11.5 Å². The summed E-state index contributed by atoms with van der Waals surface area (Å²) >= 11 is 0. The van der Waals surface area contributed by atoms with Gasteiger partial charge in [-0.1, -0.05) is 24.3 Å². The lowest BCUT2D eigenvalue weighted by Crippen LogP contribution is -2.31. The summed E-state index contributed by atoms with van der Waals surface area (Å²) in [4.78, 5) is 3.62. The molecule has 2 aromatic carbocycles. The fraction of sp³-hybridized carbons (Fsp3) is 0.300. The first kappa shape index (κ1) is 17.6. The van der Waals surface area contributed by atoms with Gasteiger partial charge in [0.05, 0.1) is 20.3 Å². The van der Waals surface area contributed by atoms with Crippen molar-refractivity contribution in [2.45, 2.75) is 18.9 Å². The number of benzene rings is 2. The molecule has 0 radical (unpaired) electrons. The first-order valence-electron chi connectivity index (χ1n) is 8.34. The third-order valence-corrected chi connectivity index (χ3v) is 4.88. The van der Waals surface area contributed by atoms with Crippen LogP contribution in [0.3, 0.4) is 0 Å². The maximum Gasteiger partial charge on any atom is 0.125 e. The van der Waals surface area contributed by atoms with E-state index in [1.807, 2.05) is 12.1 Å². The third-order valence-electron chi connectivity index (χ3n) is 4.88. The number of H-pyrrole nitrogens is 1. The third kappa shape index (κ3) is 3.20. The summed E-state index contributed by atoms with van der Waals surface area (Å²) in [5, 5.41) is 4.99.